The Hall–Kier alpha value is -2.09. The quantitative estimate of drug-likeness (QED) is 0.792. The summed E-state index contributed by atoms with van der Waals surface area (Å²) < 4.78 is 11.5. The Kier molecular flexibility index (Phi) is 5.03. The maximum Gasteiger partial charge on any atom is 0.318 e. The molecule has 128 valence electrons. The third-order valence-electron chi connectivity index (χ3n) is 3.99. The molecule has 3 rings (SSSR count). The second-order valence-corrected chi connectivity index (χ2v) is 6.31. The van der Waals surface area contributed by atoms with Crippen molar-refractivity contribution in [3.8, 4) is 5.75 Å². The molecular weight excluding hydrogens is 376 g/mol. The predicted octanol–water partition coefficient (Wildman–Crippen LogP) is 2.37. The number of nitrogens with zero attached hydrogens (tertiary/aromatic N) is 4. The molecule has 0 saturated carbocycles. The van der Waals surface area contributed by atoms with E-state index < -0.39 is 0 Å². The number of aryl methyl sites for hydroxylation is 1. The summed E-state index contributed by atoms with van der Waals surface area (Å²) in [4.78, 5) is 16.5. The van der Waals surface area contributed by atoms with Crippen LogP contribution in [0.25, 0.3) is 0 Å². The van der Waals surface area contributed by atoms with Crippen LogP contribution in [-0.2, 0) is 6.42 Å². The third-order valence-corrected chi connectivity index (χ3v) is 4.61. The first-order valence-corrected chi connectivity index (χ1v) is 8.61. The van der Waals surface area contributed by atoms with Crippen LogP contribution < -0.4 is 9.64 Å². The van der Waals surface area contributed by atoms with Crippen molar-refractivity contribution >= 4 is 27.9 Å². The molecule has 0 bridgehead atoms. The summed E-state index contributed by atoms with van der Waals surface area (Å²) >= 11 is 3.42. The number of methoxy groups -OCH3 is 1. The van der Waals surface area contributed by atoms with Gasteiger partial charge in [0.1, 0.15) is 5.75 Å². The van der Waals surface area contributed by atoms with Gasteiger partial charge in [-0.2, -0.15) is 0 Å². The van der Waals surface area contributed by atoms with Gasteiger partial charge in [-0.05, 0) is 34.1 Å². The van der Waals surface area contributed by atoms with Crippen LogP contribution in [-0.4, -0.2) is 54.3 Å². The standard InChI is InChI=1S/C16H19BrN4O3/c1-3-14-18-19-16(24-14)21-8-6-20(7-9-21)15(22)11-4-5-13(23-2)12(17)10-11/h4-5,10H,3,6-9H2,1-2H3. The minimum absolute atomic E-state index is 0.0118. The van der Waals surface area contributed by atoms with Crippen molar-refractivity contribution in [3.05, 3.63) is 34.1 Å². The van der Waals surface area contributed by atoms with Crippen LogP contribution in [0.2, 0.25) is 0 Å². The number of aromatic nitrogens is 2. The summed E-state index contributed by atoms with van der Waals surface area (Å²) in [5.74, 6) is 1.35. The Balaban J connectivity index is 1.63. The van der Waals surface area contributed by atoms with Crippen molar-refractivity contribution in [1.29, 1.82) is 0 Å². The first-order valence-electron chi connectivity index (χ1n) is 7.82. The summed E-state index contributed by atoms with van der Waals surface area (Å²) in [6.07, 6.45) is 0.720. The third kappa shape index (κ3) is 3.38. The molecule has 1 saturated heterocycles. The highest BCUT2D eigenvalue weighted by Gasteiger charge is 2.25. The number of carbonyl (C=O) groups excluding carboxylic acids is 1. The van der Waals surface area contributed by atoms with Gasteiger partial charge in [-0.25, -0.2) is 0 Å². The first-order chi connectivity index (χ1) is 11.6. The van der Waals surface area contributed by atoms with Crippen LogP contribution in [0.5, 0.6) is 5.75 Å². The van der Waals surface area contributed by atoms with E-state index in [0.717, 1.165) is 10.9 Å². The minimum Gasteiger partial charge on any atom is -0.496 e. The molecule has 0 N–H and O–H groups in total. The van der Waals surface area contributed by atoms with E-state index in [0.29, 0.717) is 49.4 Å². The number of ether oxygens (including phenoxy) is 1. The van der Waals surface area contributed by atoms with Crippen molar-refractivity contribution in [2.24, 2.45) is 0 Å². The fourth-order valence-corrected chi connectivity index (χ4v) is 3.14. The maximum atomic E-state index is 12.6. The molecule has 0 aliphatic carbocycles. The van der Waals surface area contributed by atoms with Gasteiger partial charge in [0.15, 0.2) is 0 Å². The molecule has 0 unspecified atom stereocenters. The lowest BCUT2D eigenvalue weighted by Crippen LogP contribution is -2.49. The molecule has 0 radical (unpaired) electrons. The number of hydrogen-bond acceptors (Lipinski definition) is 6. The average Bonchev–Trinajstić information content (AvgIpc) is 3.10. The highest BCUT2D eigenvalue weighted by atomic mass is 79.9. The lowest BCUT2D eigenvalue weighted by atomic mass is 10.1. The van der Waals surface area contributed by atoms with Crippen molar-refractivity contribution < 1.29 is 13.9 Å². The molecule has 1 aromatic heterocycles. The molecule has 0 atom stereocenters. The molecule has 1 fully saturated rings. The van der Waals surface area contributed by atoms with E-state index in [-0.39, 0.29) is 5.91 Å². The van der Waals surface area contributed by atoms with Gasteiger partial charge in [0, 0.05) is 38.2 Å². The molecule has 1 aromatic carbocycles. The molecule has 8 heteroatoms. The Morgan fingerprint density at radius 2 is 2.04 bits per heavy atom. The van der Waals surface area contributed by atoms with E-state index in [2.05, 4.69) is 26.1 Å². The molecule has 2 aromatic rings. The molecule has 1 aliphatic heterocycles. The number of carbonyl (C=O) groups is 1. The summed E-state index contributed by atoms with van der Waals surface area (Å²) in [5.41, 5.74) is 0.641. The summed E-state index contributed by atoms with van der Waals surface area (Å²) in [5, 5.41) is 8.04. The Morgan fingerprint density at radius 1 is 1.29 bits per heavy atom. The monoisotopic (exact) mass is 394 g/mol. The van der Waals surface area contributed by atoms with Gasteiger partial charge in [-0.1, -0.05) is 12.0 Å². The van der Waals surface area contributed by atoms with Gasteiger partial charge in [0.2, 0.25) is 5.89 Å². The number of anilines is 1. The SMILES string of the molecule is CCc1nnc(N2CCN(C(=O)c3ccc(OC)c(Br)c3)CC2)o1. The normalized spacial score (nSPS) is 14.8. The lowest BCUT2D eigenvalue weighted by Gasteiger charge is -2.33. The second kappa shape index (κ2) is 7.21. The van der Waals surface area contributed by atoms with E-state index in [1.165, 1.54) is 0 Å². The first kappa shape index (κ1) is 16.8. The fourth-order valence-electron chi connectivity index (χ4n) is 2.60. The van der Waals surface area contributed by atoms with Crippen molar-refractivity contribution in [1.82, 2.24) is 15.1 Å². The van der Waals surface area contributed by atoms with Crippen LogP contribution in [0.3, 0.4) is 0 Å². The lowest BCUT2D eigenvalue weighted by molar-refractivity contribution is 0.0745. The van der Waals surface area contributed by atoms with Gasteiger partial charge >= 0.3 is 6.01 Å². The number of amides is 1. The predicted molar refractivity (Wildman–Crippen MR) is 92.5 cm³/mol. The van der Waals surface area contributed by atoms with E-state index in [1.807, 2.05) is 16.7 Å². The smallest absolute Gasteiger partial charge is 0.318 e. The number of rotatable bonds is 4. The summed E-state index contributed by atoms with van der Waals surface area (Å²) in [6, 6.07) is 5.90. The largest absolute Gasteiger partial charge is 0.496 e. The van der Waals surface area contributed by atoms with Crippen molar-refractivity contribution in [3.63, 3.8) is 0 Å². The Morgan fingerprint density at radius 3 is 2.62 bits per heavy atom. The maximum absolute atomic E-state index is 12.6. The summed E-state index contributed by atoms with van der Waals surface area (Å²) in [7, 11) is 1.60. The highest BCUT2D eigenvalue weighted by Crippen LogP contribution is 2.26. The van der Waals surface area contributed by atoms with Crippen LogP contribution >= 0.6 is 15.9 Å². The zero-order valence-electron chi connectivity index (χ0n) is 13.7. The molecule has 1 amide bonds. The van der Waals surface area contributed by atoms with Crippen LogP contribution in [0.4, 0.5) is 6.01 Å². The van der Waals surface area contributed by atoms with E-state index in [9.17, 15) is 4.79 Å². The average molecular weight is 395 g/mol. The summed E-state index contributed by atoms with van der Waals surface area (Å²) in [6.45, 7) is 4.56. The topological polar surface area (TPSA) is 71.7 Å². The number of piperazine rings is 1. The van der Waals surface area contributed by atoms with E-state index >= 15 is 0 Å². The van der Waals surface area contributed by atoms with Gasteiger partial charge in [-0.15, -0.1) is 5.10 Å². The van der Waals surface area contributed by atoms with Gasteiger partial charge in [0.25, 0.3) is 5.91 Å². The molecule has 24 heavy (non-hydrogen) atoms. The van der Waals surface area contributed by atoms with Gasteiger partial charge in [0.05, 0.1) is 11.6 Å². The number of halogens is 1. The Labute approximate surface area is 148 Å². The van der Waals surface area contributed by atoms with Gasteiger partial charge < -0.3 is 19.0 Å². The molecule has 0 spiro atoms. The molecule has 1 aliphatic rings. The van der Waals surface area contributed by atoms with Gasteiger partial charge in [-0.3, -0.25) is 4.79 Å². The number of benzene rings is 1. The van der Waals surface area contributed by atoms with Crippen LogP contribution in [0, 0.1) is 0 Å². The van der Waals surface area contributed by atoms with Crippen molar-refractivity contribution in [2.45, 2.75) is 13.3 Å². The highest BCUT2D eigenvalue weighted by molar-refractivity contribution is 9.10. The molecule has 7 nitrogen and oxygen atoms in total. The Bertz CT molecular complexity index is 726. The van der Waals surface area contributed by atoms with Crippen LogP contribution in [0.15, 0.2) is 27.1 Å². The van der Waals surface area contributed by atoms with Crippen LogP contribution in [0.1, 0.15) is 23.2 Å². The zero-order valence-corrected chi connectivity index (χ0v) is 15.2. The second-order valence-electron chi connectivity index (χ2n) is 5.46. The van der Waals surface area contributed by atoms with E-state index in [4.69, 9.17) is 9.15 Å². The van der Waals surface area contributed by atoms with E-state index in [1.54, 1.807) is 25.3 Å². The zero-order chi connectivity index (χ0) is 17.1. The number of hydrogen-bond donors (Lipinski definition) is 0. The minimum atomic E-state index is 0.0118. The molecular formula is C16H19BrN4O3. The fraction of sp³-hybridized carbons (Fsp3) is 0.438. The molecule has 2 heterocycles. The van der Waals surface area contributed by atoms with Crippen molar-refractivity contribution in [2.75, 3.05) is 38.2 Å².